The Hall–Kier alpha value is -1.98. The van der Waals surface area contributed by atoms with Gasteiger partial charge in [-0.25, -0.2) is 0 Å². The van der Waals surface area contributed by atoms with Gasteiger partial charge in [0.2, 0.25) is 0 Å². The van der Waals surface area contributed by atoms with Crippen LogP contribution in [0, 0.1) is 0 Å². The van der Waals surface area contributed by atoms with Crippen molar-refractivity contribution >= 4 is 0 Å². The minimum Gasteiger partial charge on any atom is -0.269 e. The Balaban J connectivity index is 3.23. The van der Waals surface area contributed by atoms with E-state index in [0.29, 0.717) is 0 Å². The fourth-order valence-electron chi connectivity index (χ4n) is 1.38. The molecule has 0 radical (unpaired) electrons. The molecular formula is C8H6N2O4. The van der Waals surface area contributed by atoms with Crippen LogP contribution in [0.15, 0.2) is 31.3 Å². The van der Waals surface area contributed by atoms with Gasteiger partial charge in [0.15, 0.2) is 0 Å². The standard InChI is InChI=1S/C8H6N2O4/c11-5-1-2-6(12)10-4-3-9(5)7(13)8(10)14/h1-2H,3-4H2. The van der Waals surface area contributed by atoms with Crippen molar-refractivity contribution in [2.45, 2.75) is 13.1 Å². The van der Waals surface area contributed by atoms with Gasteiger partial charge in [-0.3, -0.25) is 28.3 Å². The van der Waals surface area contributed by atoms with E-state index < -0.39 is 22.2 Å². The lowest BCUT2D eigenvalue weighted by Crippen LogP contribution is -2.52. The first-order valence-corrected chi connectivity index (χ1v) is 4.00. The Labute approximate surface area is 76.7 Å². The van der Waals surface area contributed by atoms with Crippen LogP contribution in [0.1, 0.15) is 0 Å². The number of hydrogen-bond acceptors (Lipinski definition) is 4. The number of hydrogen-bond donors (Lipinski definition) is 0. The maximum absolute atomic E-state index is 11.2. The summed E-state index contributed by atoms with van der Waals surface area (Å²) in [7, 11) is 0. The summed E-state index contributed by atoms with van der Waals surface area (Å²) < 4.78 is 1.67. The lowest BCUT2D eigenvalue weighted by Gasteiger charge is -2.09. The number of fused-ring (bicyclic) bond motifs is 5. The van der Waals surface area contributed by atoms with E-state index in [9.17, 15) is 19.2 Å². The third-order valence-corrected chi connectivity index (χ3v) is 2.12. The van der Waals surface area contributed by atoms with Crippen molar-refractivity contribution in [2.24, 2.45) is 0 Å². The molecule has 2 bridgehead atoms. The maximum atomic E-state index is 11.2. The van der Waals surface area contributed by atoms with Gasteiger partial charge >= 0.3 is 11.1 Å². The van der Waals surface area contributed by atoms with Crippen LogP contribution in [0.2, 0.25) is 0 Å². The minimum absolute atomic E-state index is 0.0828. The molecule has 0 atom stereocenters. The highest BCUT2D eigenvalue weighted by atomic mass is 16.2. The van der Waals surface area contributed by atoms with Crippen LogP contribution in [0.5, 0.6) is 0 Å². The van der Waals surface area contributed by atoms with E-state index in [1.807, 2.05) is 0 Å². The topological polar surface area (TPSA) is 78.1 Å². The quantitative estimate of drug-likeness (QED) is 0.437. The summed E-state index contributed by atoms with van der Waals surface area (Å²) in [6.07, 6.45) is 0. The van der Waals surface area contributed by atoms with Crippen molar-refractivity contribution in [1.29, 1.82) is 0 Å². The molecule has 2 aliphatic heterocycles. The van der Waals surface area contributed by atoms with E-state index in [2.05, 4.69) is 0 Å². The van der Waals surface area contributed by atoms with E-state index in [1.165, 1.54) is 0 Å². The Morgan fingerprint density at radius 3 is 1.50 bits per heavy atom. The molecule has 14 heavy (non-hydrogen) atoms. The van der Waals surface area contributed by atoms with Gasteiger partial charge in [0.05, 0.1) is 0 Å². The Bertz CT molecular complexity index is 570. The van der Waals surface area contributed by atoms with Crippen molar-refractivity contribution in [3.05, 3.63) is 53.5 Å². The molecule has 0 aromatic carbocycles. The summed E-state index contributed by atoms with van der Waals surface area (Å²) in [5.74, 6) is 0. The smallest absolute Gasteiger partial charge is 0.269 e. The molecule has 1 aromatic rings. The third-order valence-electron chi connectivity index (χ3n) is 2.12. The zero-order chi connectivity index (χ0) is 10.3. The van der Waals surface area contributed by atoms with Gasteiger partial charge in [-0.2, -0.15) is 0 Å². The molecule has 0 unspecified atom stereocenters. The molecule has 0 amide bonds. The number of nitrogens with zero attached hydrogens (tertiary/aromatic N) is 2. The van der Waals surface area contributed by atoms with E-state index >= 15 is 0 Å². The van der Waals surface area contributed by atoms with Crippen molar-refractivity contribution in [3.63, 3.8) is 0 Å². The highest BCUT2D eigenvalue weighted by molar-refractivity contribution is 4.93. The van der Waals surface area contributed by atoms with E-state index in [4.69, 9.17) is 0 Å². The number of aromatic nitrogens is 2. The first-order valence-electron chi connectivity index (χ1n) is 4.00. The second-order valence-corrected chi connectivity index (χ2v) is 2.92. The second kappa shape index (κ2) is 2.76. The van der Waals surface area contributed by atoms with Crippen LogP contribution in [0.25, 0.3) is 0 Å². The van der Waals surface area contributed by atoms with Gasteiger partial charge in [-0.15, -0.1) is 0 Å². The minimum atomic E-state index is -0.932. The zero-order valence-electron chi connectivity index (χ0n) is 7.10. The van der Waals surface area contributed by atoms with Crippen molar-refractivity contribution in [2.75, 3.05) is 0 Å². The van der Waals surface area contributed by atoms with Crippen molar-refractivity contribution in [1.82, 2.24) is 9.13 Å². The summed E-state index contributed by atoms with van der Waals surface area (Å²) in [6, 6.07) is 2.00. The van der Waals surface area contributed by atoms with Crippen LogP contribution in [-0.4, -0.2) is 9.13 Å². The molecule has 0 N–H and O–H groups in total. The van der Waals surface area contributed by atoms with E-state index in [1.54, 1.807) is 0 Å². The fraction of sp³-hybridized carbons (Fsp3) is 0.250. The van der Waals surface area contributed by atoms with E-state index in [-0.39, 0.29) is 13.1 Å². The summed E-state index contributed by atoms with van der Waals surface area (Å²) in [4.78, 5) is 44.9. The second-order valence-electron chi connectivity index (χ2n) is 2.92. The van der Waals surface area contributed by atoms with Gasteiger partial charge in [-0.1, -0.05) is 0 Å². The van der Waals surface area contributed by atoms with Crippen LogP contribution in [-0.2, 0) is 13.1 Å². The molecule has 3 heterocycles. The predicted molar refractivity (Wildman–Crippen MR) is 47.5 cm³/mol. The normalized spacial score (nSPS) is 12.9. The molecule has 0 aliphatic carbocycles. The first-order chi connectivity index (χ1) is 6.61. The van der Waals surface area contributed by atoms with Gasteiger partial charge in [0.25, 0.3) is 11.1 Å². The van der Waals surface area contributed by atoms with Crippen molar-refractivity contribution < 1.29 is 0 Å². The third kappa shape index (κ3) is 1.04. The SMILES string of the molecule is O=c1ccc(=O)n2c(=O)c(=O)n1CC2. The first kappa shape index (κ1) is 8.61. The zero-order valence-corrected chi connectivity index (χ0v) is 7.10. The Morgan fingerprint density at radius 1 is 0.786 bits per heavy atom. The largest absolute Gasteiger partial charge is 0.319 e. The predicted octanol–water partition coefficient (Wildman–Crippen LogP) is -2.26. The molecule has 6 nitrogen and oxygen atoms in total. The van der Waals surface area contributed by atoms with Crippen LogP contribution >= 0.6 is 0 Å². The Morgan fingerprint density at radius 2 is 1.14 bits per heavy atom. The molecular weight excluding hydrogens is 188 g/mol. The van der Waals surface area contributed by atoms with Gasteiger partial charge < -0.3 is 0 Å². The summed E-state index contributed by atoms with van der Waals surface area (Å²) in [6.45, 7) is 0.166. The van der Waals surface area contributed by atoms with E-state index in [0.717, 1.165) is 21.3 Å². The highest BCUT2D eigenvalue weighted by Crippen LogP contribution is 1.79. The lowest BCUT2D eigenvalue weighted by molar-refractivity contribution is 0.487. The van der Waals surface area contributed by atoms with Gasteiger partial charge in [-0.05, 0) is 0 Å². The molecule has 2 aliphatic rings. The summed E-state index contributed by atoms with van der Waals surface area (Å²) in [5.41, 5.74) is -3.09. The highest BCUT2D eigenvalue weighted by Gasteiger charge is 2.12. The molecule has 6 heteroatoms. The molecule has 0 spiro atoms. The molecule has 0 fully saturated rings. The van der Waals surface area contributed by atoms with Crippen LogP contribution < -0.4 is 22.2 Å². The van der Waals surface area contributed by atoms with Crippen molar-refractivity contribution in [3.8, 4) is 0 Å². The molecule has 72 valence electrons. The molecule has 1 aromatic heterocycles. The average Bonchev–Trinajstić information content (AvgIpc) is 2.16. The fourth-order valence-corrected chi connectivity index (χ4v) is 1.38. The molecule has 3 rings (SSSR count). The lowest BCUT2D eigenvalue weighted by atomic mass is 10.4. The monoisotopic (exact) mass is 194 g/mol. The Kier molecular flexibility index (Phi) is 1.70. The van der Waals surface area contributed by atoms with Gasteiger partial charge in [0.1, 0.15) is 0 Å². The molecule has 0 saturated heterocycles. The molecule has 0 saturated carbocycles. The summed E-state index contributed by atoms with van der Waals surface area (Å²) >= 11 is 0. The number of rotatable bonds is 0. The van der Waals surface area contributed by atoms with Crippen LogP contribution in [0.4, 0.5) is 0 Å². The maximum Gasteiger partial charge on any atom is 0.319 e. The van der Waals surface area contributed by atoms with Gasteiger partial charge in [0, 0.05) is 25.2 Å². The van der Waals surface area contributed by atoms with Crippen LogP contribution in [0.3, 0.4) is 0 Å². The average molecular weight is 194 g/mol. The summed E-state index contributed by atoms with van der Waals surface area (Å²) in [5, 5.41) is 0.